The molecule has 0 bridgehead atoms. The summed E-state index contributed by atoms with van der Waals surface area (Å²) in [6.45, 7) is 6.12. The molecule has 0 saturated carbocycles. The number of hydrogen-bond acceptors (Lipinski definition) is 3. The fourth-order valence-electron chi connectivity index (χ4n) is 4.10. The molecule has 0 aliphatic carbocycles. The Morgan fingerprint density at radius 1 is 1.04 bits per heavy atom. The fraction of sp³-hybridized carbons (Fsp3) is 0.619. The molecule has 25 heavy (non-hydrogen) atoms. The van der Waals surface area contributed by atoms with Gasteiger partial charge in [-0.05, 0) is 37.8 Å². The number of fused-ring (bicyclic) bond motifs is 1. The topological polar surface area (TPSA) is 40.6 Å². The summed E-state index contributed by atoms with van der Waals surface area (Å²) >= 11 is 0. The Bertz CT molecular complexity index is 596. The van der Waals surface area contributed by atoms with Gasteiger partial charge in [-0.15, -0.1) is 0 Å². The lowest BCUT2D eigenvalue weighted by Gasteiger charge is -2.25. The molecule has 1 amide bonds. The number of hydrogen-bond donors (Lipinski definition) is 0. The highest BCUT2D eigenvalue weighted by Crippen LogP contribution is 2.22. The van der Waals surface area contributed by atoms with E-state index >= 15 is 0 Å². The van der Waals surface area contributed by atoms with E-state index in [1.807, 2.05) is 29.2 Å². The quantitative estimate of drug-likeness (QED) is 0.745. The van der Waals surface area contributed by atoms with Gasteiger partial charge in [-0.1, -0.05) is 37.6 Å². The van der Waals surface area contributed by atoms with Gasteiger partial charge in [0.1, 0.15) is 0 Å². The Hall–Kier alpha value is -1.68. The number of rotatable bonds is 6. The maximum absolute atomic E-state index is 12.6. The van der Waals surface area contributed by atoms with Gasteiger partial charge in [0.25, 0.3) is 0 Å². The van der Waals surface area contributed by atoms with E-state index < -0.39 is 0 Å². The summed E-state index contributed by atoms with van der Waals surface area (Å²) in [5.74, 6) is 0.221. The van der Waals surface area contributed by atoms with Crippen LogP contribution in [0.5, 0.6) is 0 Å². The zero-order valence-corrected chi connectivity index (χ0v) is 15.4. The number of carbonyl (C=O) groups excluding carboxylic acids is 2. The molecule has 2 heterocycles. The standard InChI is InChI=1S/C21H30N2O2/c1-2-5-17-7-9-18(10-8-17)20(24)11-12-21(25)23-15-4-14-22-13-3-6-19(22)16-23/h7-10,19H,2-6,11-16H2,1H3. The van der Waals surface area contributed by atoms with Crippen molar-refractivity contribution in [3.8, 4) is 0 Å². The van der Waals surface area contributed by atoms with Crippen LogP contribution in [-0.2, 0) is 11.2 Å². The van der Waals surface area contributed by atoms with Gasteiger partial charge < -0.3 is 4.90 Å². The molecule has 0 radical (unpaired) electrons. The van der Waals surface area contributed by atoms with Crippen LogP contribution in [0.2, 0.25) is 0 Å². The SMILES string of the molecule is CCCc1ccc(C(=O)CCC(=O)N2CCCN3CCCC3C2)cc1. The summed E-state index contributed by atoms with van der Waals surface area (Å²) in [5.41, 5.74) is 1.99. The largest absolute Gasteiger partial charge is 0.341 e. The predicted molar refractivity (Wildman–Crippen MR) is 99.8 cm³/mol. The summed E-state index contributed by atoms with van der Waals surface area (Å²) in [6.07, 6.45) is 6.30. The lowest BCUT2D eigenvalue weighted by Crippen LogP contribution is -2.39. The minimum absolute atomic E-state index is 0.0775. The van der Waals surface area contributed by atoms with Gasteiger partial charge in [-0.3, -0.25) is 14.5 Å². The Morgan fingerprint density at radius 2 is 1.80 bits per heavy atom. The molecule has 2 aliphatic heterocycles. The number of benzene rings is 1. The summed E-state index contributed by atoms with van der Waals surface area (Å²) in [6, 6.07) is 8.40. The summed E-state index contributed by atoms with van der Waals surface area (Å²) in [4.78, 5) is 29.5. The van der Waals surface area contributed by atoms with Crippen LogP contribution in [0.25, 0.3) is 0 Å². The summed E-state index contributed by atoms with van der Waals surface area (Å²) < 4.78 is 0. The minimum Gasteiger partial charge on any atom is -0.341 e. The lowest BCUT2D eigenvalue weighted by atomic mass is 10.0. The normalized spacial score (nSPS) is 21.0. The van der Waals surface area contributed by atoms with E-state index in [4.69, 9.17) is 0 Å². The van der Waals surface area contributed by atoms with Crippen LogP contribution in [-0.4, -0.2) is 53.7 Å². The molecule has 4 heteroatoms. The predicted octanol–water partition coefficient (Wildman–Crippen LogP) is 3.30. The molecule has 0 N–H and O–H groups in total. The van der Waals surface area contributed by atoms with Crippen molar-refractivity contribution in [2.45, 2.75) is 57.9 Å². The van der Waals surface area contributed by atoms with Crippen molar-refractivity contribution in [1.29, 1.82) is 0 Å². The Morgan fingerprint density at radius 3 is 2.56 bits per heavy atom. The third-order valence-corrected chi connectivity index (χ3v) is 5.54. The van der Waals surface area contributed by atoms with E-state index in [-0.39, 0.29) is 11.7 Å². The first kappa shape index (κ1) is 18.1. The molecule has 1 unspecified atom stereocenters. The zero-order chi connectivity index (χ0) is 17.6. The number of nitrogens with zero attached hydrogens (tertiary/aromatic N) is 2. The number of amides is 1. The van der Waals surface area contributed by atoms with Crippen LogP contribution in [0.4, 0.5) is 0 Å². The van der Waals surface area contributed by atoms with Crippen molar-refractivity contribution >= 4 is 11.7 Å². The first-order valence-corrected chi connectivity index (χ1v) is 9.81. The molecule has 2 aliphatic rings. The van der Waals surface area contributed by atoms with Crippen LogP contribution in [0.15, 0.2) is 24.3 Å². The minimum atomic E-state index is 0.0775. The van der Waals surface area contributed by atoms with Gasteiger partial charge in [-0.2, -0.15) is 0 Å². The first-order valence-electron chi connectivity index (χ1n) is 9.81. The lowest BCUT2D eigenvalue weighted by molar-refractivity contribution is -0.131. The van der Waals surface area contributed by atoms with E-state index in [2.05, 4.69) is 11.8 Å². The van der Waals surface area contributed by atoms with Gasteiger partial charge in [-0.25, -0.2) is 0 Å². The number of aryl methyl sites for hydroxylation is 1. The number of carbonyl (C=O) groups is 2. The average molecular weight is 342 g/mol. The Labute approximate surface area is 151 Å². The van der Waals surface area contributed by atoms with Crippen LogP contribution in [0, 0.1) is 0 Å². The molecule has 3 rings (SSSR count). The molecule has 1 atom stereocenters. The highest BCUT2D eigenvalue weighted by molar-refractivity contribution is 5.98. The van der Waals surface area contributed by atoms with Gasteiger partial charge in [0.05, 0.1) is 0 Å². The van der Waals surface area contributed by atoms with Crippen LogP contribution in [0.3, 0.4) is 0 Å². The molecule has 1 aromatic carbocycles. The van der Waals surface area contributed by atoms with Gasteiger partial charge in [0.2, 0.25) is 5.91 Å². The van der Waals surface area contributed by atoms with Crippen molar-refractivity contribution in [3.05, 3.63) is 35.4 Å². The smallest absolute Gasteiger partial charge is 0.223 e. The van der Waals surface area contributed by atoms with E-state index in [9.17, 15) is 9.59 Å². The van der Waals surface area contributed by atoms with E-state index in [0.717, 1.165) is 44.5 Å². The molecular weight excluding hydrogens is 312 g/mol. The second-order valence-electron chi connectivity index (χ2n) is 7.40. The van der Waals surface area contributed by atoms with Crippen molar-refractivity contribution in [2.75, 3.05) is 26.2 Å². The zero-order valence-electron chi connectivity index (χ0n) is 15.4. The maximum Gasteiger partial charge on any atom is 0.223 e. The summed E-state index contributed by atoms with van der Waals surface area (Å²) in [7, 11) is 0. The molecule has 0 spiro atoms. The third kappa shape index (κ3) is 4.69. The second kappa shape index (κ2) is 8.61. The molecule has 1 aromatic rings. The van der Waals surface area contributed by atoms with E-state index in [1.54, 1.807) is 0 Å². The van der Waals surface area contributed by atoms with E-state index in [0.29, 0.717) is 18.9 Å². The van der Waals surface area contributed by atoms with Crippen LogP contribution < -0.4 is 0 Å². The molecule has 2 saturated heterocycles. The van der Waals surface area contributed by atoms with Crippen molar-refractivity contribution in [1.82, 2.24) is 9.80 Å². The second-order valence-corrected chi connectivity index (χ2v) is 7.40. The Balaban J connectivity index is 1.50. The maximum atomic E-state index is 12.6. The monoisotopic (exact) mass is 342 g/mol. The van der Waals surface area contributed by atoms with Gasteiger partial charge in [0.15, 0.2) is 5.78 Å². The first-order chi connectivity index (χ1) is 12.2. The van der Waals surface area contributed by atoms with Crippen LogP contribution in [0.1, 0.15) is 61.4 Å². The van der Waals surface area contributed by atoms with E-state index in [1.165, 1.54) is 24.9 Å². The average Bonchev–Trinajstić information content (AvgIpc) is 2.97. The Kier molecular flexibility index (Phi) is 6.24. The molecular formula is C21H30N2O2. The molecule has 0 aromatic heterocycles. The molecule has 136 valence electrons. The van der Waals surface area contributed by atoms with Crippen molar-refractivity contribution in [2.24, 2.45) is 0 Å². The van der Waals surface area contributed by atoms with Crippen molar-refractivity contribution < 1.29 is 9.59 Å². The molecule has 2 fully saturated rings. The van der Waals surface area contributed by atoms with Gasteiger partial charge >= 0.3 is 0 Å². The number of Topliss-reactive ketones (excluding diaryl/α,β-unsaturated/α-hetero) is 1. The third-order valence-electron chi connectivity index (χ3n) is 5.54. The highest BCUT2D eigenvalue weighted by Gasteiger charge is 2.30. The molecule has 4 nitrogen and oxygen atoms in total. The van der Waals surface area contributed by atoms with Gasteiger partial charge in [0, 0.05) is 44.1 Å². The van der Waals surface area contributed by atoms with Crippen molar-refractivity contribution in [3.63, 3.8) is 0 Å². The van der Waals surface area contributed by atoms with Crippen LogP contribution >= 0.6 is 0 Å². The highest BCUT2D eigenvalue weighted by atomic mass is 16.2. The fourth-order valence-corrected chi connectivity index (χ4v) is 4.10. The summed E-state index contributed by atoms with van der Waals surface area (Å²) in [5, 5.41) is 0. The number of ketones is 1.